The maximum atomic E-state index is 11.5. The summed E-state index contributed by atoms with van der Waals surface area (Å²) in [5.74, 6) is 0.425. The van der Waals surface area contributed by atoms with E-state index in [9.17, 15) is 8.42 Å². The van der Waals surface area contributed by atoms with Gasteiger partial charge in [0.2, 0.25) is 0 Å². The zero-order valence-electron chi connectivity index (χ0n) is 7.07. The van der Waals surface area contributed by atoms with E-state index < -0.39 is 9.84 Å². The summed E-state index contributed by atoms with van der Waals surface area (Å²) >= 11 is 0. The first-order valence-corrected chi connectivity index (χ1v) is 6.21. The Morgan fingerprint density at radius 3 is 2.67 bits per heavy atom. The Morgan fingerprint density at radius 2 is 1.92 bits per heavy atom. The van der Waals surface area contributed by atoms with Gasteiger partial charge in [0.1, 0.15) is 0 Å². The molecule has 2 nitrogen and oxygen atoms in total. The van der Waals surface area contributed by atoms with Crippen molar-refractivity contribution in [1.82, 2.24) is 0 Å². The molecule has 0 N–H and O–H groups in total. The standard InChI is InChI=1S/C9H14O2S/c10-12(11)7-3-5-8-4-1-2-6-9(8)12/h3,7-9H,1-2,4-6H2/t8-,9+/m1/s1. The number of fused-ring (bicyclic) bond motifs is 1. The van der Waals surface area contributed by atoms with E-state index in [1.807, 2.05) is 6.08 Å². The van der Waals surface area contributed by atoms with Crippen LogP contribution in [-0.2, 0) is 9.84 Å². The van der Waals surface area contributed by atoms with E-state index in [0.717, 1.165) is 25.7 Å². The van der Waals surface area contributed by atoms with Crippen molar-refractivity contribution in [2.45, 2.75) is 37.4 Å². The summed E-state index contributed by atoms with van der Waals surface area (Å²) in [4.78, 5) is 0. The molecule has 0 bridgehead atoms. The van der Waals surface area contributed by atoms with Gasteiger partial charge >= 0.3 is 0 Å². The van der Waals surface area contributed by atoms with Crippen LogP contribution in [0.25, 0.3) is 0 Å². The Bertz CT molecular complexity index is 290. The van der Waals surface area contributed by atoms with Crippen LogP contribution in [-0.4, -0.2) is 13.7 Å². The molecule has 0 aromatic heterocycles. The normalized spacial score (nSPS) is 39.0. The lowest BCUT2D eigenvalue weighted by atomic mass is 9.86. The summed E-state index contributed by atoms with van der Waals surface area (Å²) < 4.78 is 23.1. The second-order valence-electron chi connectivity index (χ2n) is 3.78. The van der Waals surface area contributed by atoms with E-state index in [0.29, 0.717) is 5.92 Å². The number of sulfone groups is 1. The van der Waals surface area contributed by atoms with Crippen LogP contribution in [0.4, 0.5) is 0 Å². The molecule has 0 saturated heterocycles. The summed E-state index contributed by atoms with van der Waals surface area (Å²) in [5, 5.41) is 1.37. The van der Waals surface area contributed by atoms with Crippen LogP contribution in [0, 0.1) is 5.92 Å². The zero-order valence-corrected chi connectivity index (χ0v) is 7.89. The molecule has 1 fully saturated rings. The lowest BCUT2D eigenvalue weighted by molar-refractivity contribution is 0.357. The quantitative estimate of drug-likeness (QED) is 0.579. The summed E-state index contributed by atoms with van der Waals surface area (Å²) in [6, 6.07) is 0. The molecule has 3 heteroatoms. The topological polar surface area (TPSA) is 34.1 Å². The highest BCUT2D eigenvalue weighted by atomic mass is 32.2. The molecule has 68 valence electrons. The van der Waals surface area contributed by atoms with Crippen LogP contribution in [0.1, 0.15) is 32.1 Å². The Labute approximate surface area is 73.6 Å². The molecule has 2 atom stereocenters. The van der Waals surface area contributed by atoms with E-state index in [1.54, 1.807) is 0 Å². The van der Waals surface area contributed by atoms with Crippen LogP contribution < -0.4 is 0 Å². The monoisotopic (exact) mass is 186 g/mol. The van der Waals surface area contributed by atoms with Gasteiger partial charge < -0.3 is 0 Å². The van der Waals surface area contributed by atoms with Crippen molar-refractivity contribution in [1.29, 1.82) is 0 Å². The minimum absolute atomic E-state index is 0.0451. The largest absolute Gasteiger partial charge is 0.224 e. The predicted molar refractivity (Wildman–Crippen MR) is 48.4 cm³/mol. The molecule has 0 aromatic rings. The number of hydrogen-bond acceptors (Lipinski definition) is 2. The van der Waals surface area contributed by atoms with Crippen molar-refractivity contribution in [3.63, 3.8) is 0 Å². The van der Waals surface area contributed by atoms with E-state index in [4.69, 9.17) is 0 Å². The van der Waals surface area contributed by atoms with Crippen LogP contribution in [0.5, 0.6) is 0 Å². The van der Waals surface area contributed by atoms with Crippen molar-refractivity contribution in [2.75, 3.05) is 0 Å². The van der Waals surface area contributed by atoms with Crippen molar-refractivity contribution in [2.24, 2.45) is 5.92 Å². The van der Waals surface area contributed by atoms with Gasteiger partial charge in [0.25, 0.3) is 0 Å². The minimum Gasteiger partial charge on any atom is -0.224 e. The third kappa shape index (κ3) is 1.30. The molecule has 12 heavy (non-hydrogen) atoms. The van der Waals surface area contributed by atoms with Crippen LogP contribution in [0.15, 0.2) is 11.5 Å². The lowest BCUT2D eigenvalue weighted by Crippen LogP contribution is -2.33. The number of rotatable bonds is 0. The average molecular weight is 186 g/mol. The Balaban J connectivity index is 2.30. The maximum Gasteiger partial charge on any atom is 0.174 e. The van der Waals surface area contributed by atoms with Gasteiger partial charge in [-0.15, -0.1) is 0 Å². The number of allylic oxidation sites excluding steroid dienone is 1. The van der Waals surface area contributed by atoms with Gasteiger partial charge in [0.05, 0.1) is 5.25 Å². The van der Waals surface area contributed by atoms with Gasteiger partial charge in [-0.2, -0.15) is 0 Å². The average Bonchev–Trinajstić information content (AvgIpc) is 2.04. The minimum atomic E-state index is -2.86. The highest BCUT2D eigenvalue weighted by molar-refractivity contribution is 7.94. The first-order valence-electron chi connectivity index (χ1n) is 4.60. The molecule has 0 amide bonds. The molecular formula is C9H14O2S. The first-order chi connectivity index (χ1) is 5.70. The smallest absolute Gasteiger partial charge is 0.174 e. The Hall–Kier alpha value is -0.310. The summed E-state index contributed by atoms with van der Waals surface area (Å²) in [7, 11) is -2.86. The third-order valence-corrected chi connectivity index (χ3v) is 5.02. The molecule has 1 saturated carbocycles. The van der Waals surface area contributed by atoms with E-state index in [1.165, 1.54) is 11.8 Å². The molecule has 0 radical (unpaired) electrons. The molecule has 0 unspecified atom stereocenters. The highest BCUT2D eigenvalue weighted by Gasteiger charge is 2.35. The fourth-order valence-corrected chi connectivity index (χ4v) is 4.20. The second-order valence-corrected chi connectivity index (χ2v) is 5.84. The van der Waals surface area contributed by atoms with Crippen molar-refractivity contribution < 1.29 is 8.42 Å². The van der Waals surface area contributed by atoms with Crippen LogP contribution in [0.3, 0.4) is 0 Å². The van der Waals surface area contributed by atoms with E-state index >= 15 is 0 Å². The Morgan fingerprint density at radius 1 is 1.17 bits per heavy atom. The fourth-order valence-electron chi connectivity index (χ4n) is 2.34. The molecular weight excluding hydrogens is 172 g/mol. The van der Waals surface area contributed by atoms with Crippen LogP contribution >= 0.6 is 0 Å². The predicted octanol–water partition coefficient (Wildman–Crippen LogP) is 1.88. The number of hydrogen-bond donors (Lipinski definition) is 0. The fraction of sp³-hybridized carbons (Fsp3) is 0.778. The van der Waals surface area contributed by atoms with Crippen LogP contribution in [0.2, 0.25) is 0 Å². The summed E-state index contributed by atoms with van der Waals surface area (Å²) in [6.45, 7) is 0. The molecule has 1 aliphatic carbocycles. The van der Waals surface area contributed by atoms with Gasteiger partial charge in [0, 0.05) is 5.41 Å². The molecule has 1 aliphatic heterocycles. The molecule has 0 spiro atoms. The van der Waals surface area contributed by atoms with Gasteiger partial charge in [-0.25, -0.2) is 8.42 Å². The van der Waals surface area contributed by atoms with Gasteiger partial charge in [0.15, 0.2) is 9.84 Å². The van der Waals surface area contributed by atoms with E-state index in [2.05, 4.69) is 0 Å². The lowest BCUT2D eigenvalue weighted by Gasteiger charge is -2.31. The van der Waals surface area contributed by atoms with E-state index in [-0.39, 0.29) is 5.25 Å². The van der Waals surface area contributed by atoms with Gasteiger partial charge in [-0.05, 0) is 25.2 Å². The molecule has 2 rings (SSSR count). The summed E-state index contributed by atoms with van der Waals surface area (Å²) in [6.07, 6.45) is 7.09. The molecule has 1 heterocycles. The Kier molecular flexibility index (Phi) is 1.99. The molecule has 0 aromatic carbocycles. The molecule has 2 aliphatic rings. The van der Waals surface area contributed by atoms with Gasteiger partial charge in [-0.1, -0.05) is 18.9 Å². The zero-order chi connectivity index (χ0) is 8.60. The van der Waals surface area contributed by atoms with Crippen molar-refractivity contribution >= 4 is 9.84 Å². The van der Waals surface area contributed by atoms with Crippen molar-refractivity contribution in [3.8, 4) is 0 Å². The first kappa shape index (κ1) is 8.30. The van der Waals surface area contributed by atoms with Gasteiger partial charge in [-0.3, -0.25) is 0 Å². The summed E-state index contributed by atoms with van der Waals surface area (Å²) in [5.41, 5.74) is 0. The third-order valence-electron chi connectivity index (χ3n) is 2.99. The van der Waals surface area contributed by atoms with Crippen molar-refractivity contribution in [3.05, 3.63) is 11.5 Å². The SMILES string of the molecule is O=S1(=O)C=CC[C@H]2CCCC[C@@H]21. The highest BCUT2D eigenvalue weighted by Crippen LogP contribution is 2.35. The maximum absolute atomic E-state index is 11.5. The second kappa shape index (κ2) is 2.87.